The number of carbonyl (C=O) groups is 1. The Morgan fingerprint density at radius 3 is 2.36 bits per heavy atom. The van der Waals surface area contributed by atoms with E-state index in [-0.39, 0.29) is 40.2 Å². The van der Waals surface area contributed by atoms with E-state index in [4.69, 9.17) is 25.3 Å². The van der Waals surface area contributed by atoms with E-state index in [2.05, 4.69) is 5.10 Å². The number of rotatable bonds is 8. The van der Waals surface area contributed by atoms with Crippen molar-refractivity contribution < 1.29 is 26.9 Å². The fourth-order valence-corrected chi connectivity index (χ4v) is 4.25. The van der Waals surface area contributed by atoms with Gasteiger partial charge < -0.3 is 13.7 Å². The van der Waals surface area contributed by atoms with Gasteiger partial charge in [0.1, 0.15) is 17.1 Å². The van der Waals surface area contributed by atoms with E-state index in [1.54, 1.807) is 25.1 Å². The zero-order chi connectivity index (χ0) is 26.7. The van der Waals surface area contributed by atoms with Crippen molar-refractivity contribution >= 4 is 27.7 Å². The molecule has 9 nitrogen and oxygen atoms in total. The molecule has 0 aliphatic rings. The molecule has 0 bridgehead atoms. The second-order valence-corrected chi connectivity index (χ2v) is 10.8. The van der Waals surface area contributed by atoms with E-state index in [1.165, 1.54) is 35.1 Å². The van der Waals surface area contributed by atoms with Crippen molar-refractivity contribution in [3.05, 3.63) is 80.7 Å². The largest absolute Gasteiger partial charge is 0.485 e. The van der Waals surface area contributed by atoms with Crippen molar-refractivity contribution in [1.29, 1.82) is 0 Å². The summed E-state index contributed by atoms with van der Waals surface area (Å²) in [6.07, 6.45) is 1.33. The summed E-state index contributed by atoms with van der Waals surface area (Å²) in [7, 11) is -4.24. The Bertz CT molecular complexity index is 1430. The van der Waals surface area contributed by atoms with Crippen molar-refractivity contribution in [2.45, 2.75) is 51.7 Å². The van der Waals surface area contributed by atoms with Crippen molar-refractivity contribution in [2.24, 2.45) is 0 Å². The number of hydrogen-bond acceptors (Lipinski definition) is 8. The third kappa shape index (κ3) is 6.24. The summed E-state index contributed by atoms with van der Waals surface area (Å²) in [5.74, 6) is -0.897. The molecule has 0 N–H and O–H groups in total. The SMILES string of the molecule is CCOC(=O)c1ccc(COc2cnn(C(C)(C)C)c(=O)c2Cl)cc1OS(=O)(=O)c1ccc(C)cc1. The number of nitrogens with zero attached hydrogens (tertiary/aromatic N) is 2. The van der Waals surface area contributed by atoms with Crippen LogP contribution in [0.2, 0.25) is 5.02 Å². The van der Waals surface area contributed by atoms with Gasteiger partial charge in [-0.1, -0.05) is 35.4 Å². The lowest BCUT2D eigenvalue weighted by atomic mass is 10.1. The van der Waals surface area contributed by atoms with Gasteiger partial charge in [-0.3, -0.25) is 4.79 Å². The third-order valence-corrected chi connectivity index (χ3v) is 6.56. The number of aryl methyl sites for hydroxylation is 1. The Balaban J connectivity index is 1.92. The number of esters is 1. The number of carbonyl (C=O) groups excluding carboxylic acids is 1. The maximum Gasteiger partial charge on any atom is 0.341 e. The average molecular weight is 535 g/mol. The van der Waals surface area contributed by atoms with Crippen molar-refractivity contribution in [1.82, 2.24) is 9.78 Å². The molecule has 3 aromatic rings. The van der Waals surface area contributed by atoms with E-state index < -0.39 is 27.2 Å². The predicted octanol–water partition coefficient (Wildman–Crippen LogP) is 4.48. The van der Waals surface area contributed by atoms with Crippen LogP contribution in [0.25, 0.3) is 0 Å². The third-order valence-electron chi connectivity index (χ3n) is 4.97. The molecule has 36 heavy (non-hydrogen) atoms. The van der Waals surface area contributed by atoms with Gasteiger partial charge in [-0.2, -0.15) is 13.5 Å². The maximum atomic E-state index is 12.9. The Hall–Kier alpha value is -3.37. The first-order valence-corrected chi connectivity index (χ1v) is 12.8. The minimum absolute atomic E-state index is 0.0615. The molecule has 0 spiro atoms. The highest BCUT2D eigenvalue weighted by atomic mass is 35.5. The maximum absolute atomic E-state index is 12.9. The van der Waals surface area contributed by atoms with Crippen LogP contribution >= 0.6 is 11.6 Å². The monoisotopic (exact) mass is 534 g/mol. The topological polar surface area (TPSA) is 114 Å². The molecule has 192 valence electrons. The number of benzene rings is 2. The molecule has 0 saturated carbocycles. The van der Waals surface area contributed by atoms with Gasteiger partial charge in [-0.05, 0) is 64.4 Å². The summed E-state index contributed by atoms with van der Waals surface area (Å²) in [6.45, 7) is 8.89. The van der Waals surface area contributed by atoms with Crippen LogP contribution in [0, 0.1) is 6.92 Å². The van der Waals surface area contributed by atoms with Crippen LogP contribution in [0.1, 0.15) is 49.2 Å². The van der Waals surface area contributed by atoms with Gasteiger partial charge in [0.15, 0.2) is 16.5 Å². The molecule has 1 aromatic heterocycles. The van der Waals surface area contributed by atoms with Gasteiger partial charge in [0.2, 0.25) is 0 Å². The smallest absolute Gasteiger partial charge is 0.341 e. The normalized spacial score (nSPS) is 11.7. The van der Waals surface area contributed by atoms with Crippen molar-refractivity contribution in [3.63, 3.8) is 0 Å². The quantitative estimate of drug-likeness (QED) is 0.307. The zero-order valence-corrected chi connectivity index (χ0v) is 22.1. The molecule has 0 aliphatic heterocycles. The van der Waals surface area contributed by atoms with Gasteiger partial charge in [0, 0.05) is 0 Å². The van der Waals surface area contributed by atoms with Crippen LogP contribution in [0.15, 0.2) is 58.4 Å². The highest BCUT2D eigenvalue weighted by Crippen LogP contribution is 2.28. The van der Waals surface area contributed by atoms with E-state index in [0.29, 0.717) is 5.56 Å². The lowest BCUT2D eigenvalue weighted by Gasteiger charge is -2.21. The minimum Gasteiger partial charge on any atom is -0.485 e. The molecule has 1 heterocycles. The molecule has 3 rings (SSSR count). The lowest BCUT2D eigenvalue weighted by Crippen LogP contribution is -2.36. The van der Waals surface area contributed by atoms with Crippen LogP contribution in [0.4, 0.5) is 0 Å². The minimum atomic E-state index is -4.24. The predicted molar refractivity (Wildman–Crippen MR) is 134 cm³/mol. The average Bonchev–Trinajstić information content (AvgIpc) is 2.79. The second-order valence-electron chi connectivity index (χ2n) is 8.90. The Morgan fingerprint density at radius 1 is 1.08 bits per heavy atom. The fraction of sp³-hybridized carbons (Fsp3) is 0.320. The molecule has 0 atom stereocenters. The van der Waals surface area contributed by atoms with Gasteiger partial charge in [0.25, 0.3) is 5.56 Å². The Labute approximate surface area is 214 Å². The molecule has 0 amide bonds. The van der Waals surface area contributed by atoms with Gasteiger partial charge in [-0.15, -0.1) is 0 Å². The first-order valence-electron chi connectivity index (χ1n) is 11.1. The van der Waals surface area contributed by atoms with Crippen LogP contribution in [-0.4, -0.2) is 30.8 Å². The first-order chi connectivity index (χ1) is 16.8. The Kier molecular flexibility index (Phi) is 8.10. The van der Waals surface area contributed by atoms with Crippen LogP contribution < -0.4 is 14.5 Å². The van der Waals surface area contributed by atoms with E-state index in [1.807, 2.05) is 27.7 Å². The summed E-state index contributed by atoms with van der Waals surface area (Å²) >= 11 is 6.21. The molecular weight excluding hydrogens is 508 g/mol. The number of ether oxygens (including phenoxy) is 2. The lowest BCUT2D eigenvalue weighted by molar-refractivity contribution is 0.0524. The second kappa shape index (κ2) is 10.7. The Morgan fingerprint density at radius 2 is 1.75 bits per heavy atom. The molecular formula is C25H27ClN2O7S. The summed E-state index contributed by atoms with van der Waals surface area (Å²) in [5.41, 5.74) is 0.185. The van der Waals surface area contributed by atoms with E-state index >= 15 is 0 Å². The molecule has 0 unspecified atom stereocenters. The molecule has 0 radical (unpaired) electrons. The molecule has 0 saturated heterocycles. The van der Waals surface area contributed by atoms with Crippen molar-refractivity contribution in [2.75, 3.05) is 6.61 Å². The zero-order valence-electron chi connectivity index (χ0n) is 20.6. The highest BCUT2D eigenvalue weighted by molar-refractivity contribution is 7.87. The first kappa shape index (κ1) is 27.2. The summed E-state index contributed by atoms with van der Waals surface area (Å²) in [5, 5.41) is 3.98. The fourth-order valence-electron chi connectivity index (χ4n) is 3.13. The van der Waals surface area contributed by atoms with Gasteiger partial charge >= 0.3 is 16.1 Å². The van der Waals surface area contributed by atoms with E-state index in [0.717, 1.165) is 5.56 Å². The summed E-state index contributed by atoms with van der Waals surface area (Å²) in [4.78, 5) is 24.9. The number of aromatic nitrogens is 2. The summed E-state index contributed by atoms with van der Waals surface area (Å²) < 4.78 is 43.0. The van der Waals surface area contributed by atoms with E-state index in [9.17, 15) is 18.0 Å². The molecule has 2 aromatic carbocycles. The van der Waals surface area contributed by atoms with Gasteiger partial charge in [-0.25, -0.2) is 9.48 Å². The van der Waals surface area contributed by atoms with Crippen LogP contribution in [-0.2, 0) is 27.0 Å². The number of halogens is 1. The van der Waals surface area contributed by atoms with Crippen molar-refractivity contribution in [3.8, 4) is 11.5 Å². The highest BCUT2D eigenvalue weighted by Gasteiger charge is 2.23. The standard InChI is InChI=1S/C25H27ClN2O7S/c1-6-33-24(30)19-12-9-17(13-20(19)35-36(31,32)18-10-7-16(2)8-11-18)15-34-21-14-27-28(25(3,4)5)23(29)22(21)26/h7-14H,6,15H2,1-5H3. The van der Waals surface area contributed by atoms with Crippen LogP contribution in [0.5, 0.6) is 11.5 Å². The molecule has 11 heteroatoms. The van der Waals surface area contributed by atoms with Crippen LogP contribution in [0.3, 0.4) is 0 Å². The summed E-state index contributed by atoms with van der Waals surface area (Å²) in [6, 6.07) is 10.4. The molecule has 0 aliphatic carbocycles. The van der Waals surface area contributed by atoms with Gasteiger partial charge in [0.05, 0.1) is 18.3 Å². The molecule has 0 fully saturated rings. The number of hydrogen-bond donors (Lipinski definition) is 0.